The van der Waals surface area contributed by atoms with Crippen LogP contribution in [0, 0.1) is 6.92 Å². The van der Waals surface area contributed by atoms with Gasteiger partial charge in [0, 0.05) is 12.1 Å². The van der Waals surface area contributed by atoms with Gasteiger partial charge in [-0.05, 0) is 12.5 Å². The van der Waals surface area contributed by atoms with Gasteiger partial charge in [-0.1, -0.05) is 29.8 Å². The van der Waals surface area contributed by atoms with Crippen molar-refractivity contribution in [3.63, 3.8) is 0 Å². The quantitative estimate of drug-likeness (QED) is 0.918. The van der Waals surface area contributed by atoms with E-state index in [1.807, 2.05) is 31.2 Å². The van der Waals surface area contributed by atoms with Crippen LogP contribution < -0.4 is 14.2 Å². The molecule has 0 radical (unpaired) electrons. The summed E-state index contributed by atoms with van der Waals surface area (Å²) in [5.41, 5.74) is 2.51. The van der Waals surface area contributed by atoms with Crippen molar-refractivity contribution in [2.45, 2.75) is 13.0 Å². The van der Waals surface area contributed by atoms with Crippen LogP contribution in [0.5, 0.6) is 17.2 Å². The molecule has 21 heavy (non-hydrogen) atoms. The second kappa shape index (κ2) is 6.50. The van der Waals surface area contributed by atoms with Crippen molar-refractivity contribution >= 4 is 0 Å². The predicted octanol–water partition coefficient (Wildman–Crippen LogP) is 3.10. The Kier molecular flexibility index (Phi) is 4.70. The summed E-state index contributed by atoms with van der Waals surface area (Å²) in [4.78, 5) is 0. The smallest absolute Gasteiger partial charge is 0.132 e. The summed E-state index contributed by atoms with van der Waals surface area (Å²) >= 11 is 0. The van der Waals surface area contributed by atoms with E-state index in [2.05, 4.69) is 0 Å². The third-order valence-corrected chi connectivity index (χ3v) is 3.42. The number of hydrogen-bond donors (Lipinski definition) is 1. The lowest BCUT2D eigenvalue weighted by Gasteiger charge is -2.19. The molecule has 4 heteroatoms. The zero-order valence-corrected chi connectivity index (χ0v) is 12.7. The van der Waals surface area contributed by atoms with Crippen molar-refractivity contribution in [1.82, 2.24) is 0 Å². The molecule has 0 spiro atoms. The van der Waals surface area contributed by atoms with Gasteiger partial charge in [-0.25, -0.2) is 0 Å². The Morgan fingerprint density at radius 3 is 1.81 bits per heavy atom. The summed E-state index contributed by atoms with van der Waals surface area (Å²) in [5, 5.41) is 10.7. The first-order valence-electron chi connectivity index (χ1n) is 6.65. The van der Waals surface area contributed by atoms with E-state index in [-0.39, 0.29) is 0 Å². The predicted molar refractivity (Wildman–Crippen MR) is 81.3 cm³/mol. The highest BCUT2D eigenvalue weighted by Crippen LogP contribution is 2.40. The van der Waals surface area contributed by atoms with Gasteiger partial charge in [-0.3, -0.25) is 0 Å². The van der Waals surface area contributed by atoms with Crippen molar-refractivity contribution in [3.8, 4) is 17.2 Å². The zero-order chi connectivity index (χ0) is 15.4. The number of ether oxygens (including phenoxy) is 3. The number of hydrogen-bond acceptors (Lipinski definition) is 4. The lowest BCUT2D eigenvalue weighted by Crippen LogP contribution is -2.05. The third kappa shape index (κ3) is 3.11. The Balaban J connectivity index is 2.52. The van der Waals surface area contributed by atoms with E-state index >= 15 is 0 Å². The topological polar surface area (TPSA) is 47.9 Å². The van der Waals surface area contributed by atoms with Crippen molar-refractivity contribution in [2.24, 2.45) is 0 Å². The summed E-state index contributed by atoms with van der Waals surface area (Å²) in [6, 6.07) is 11.2. The summed E-state index contributed by atoms with van der Waals surface area (Å²) in [6.07, 6.45) is -0.832. The molecule has 112 valence electrons. The minimum absolute atomic E-state index is 0.527. The molecule has 4 nitrogen and oxygen atoms in total. The lowest BCUT2D eigenvalue weighted by atomic mass is 9.98. The minimum atomic E-state index is -0.832. The van der Waals surface area contributed by atoms with Gasteiger partial charge in [0.1, 0.15) is 23.4 Å². The fourth-order valence-electron chi connectivity index (χ4n) is 2.22. The van der Waals surface area contributed by atoms with E-state index in [4.69, 9.17) is 14.2 Å². The average molecular weight is 288 g/mol. The monoisotopic (exact) mass is 288 g/mol. The van der Waals surface area contributed by atoms with Gasteiger partial charge in [0.05, 0.1) is 26.9 Å². The van der Waals surface area contributed by atoms with Gasteiger partial charge < -0.3 is 19.3 Å². The summed E-state index contributed by atoms with van der Waals surface area (Å²) in [6.45, 7) is 2.00. The van der Waals surface area contributed by atoms with Gasteiger partial charge in [0.15, 0.2) is 0 Å². The molecular weight excluding hydrogens is 268 g/mol. The van der Waals surface area contributed by atoms with Crippen molar-refractivity contribution in [1.29, 1.82) is 0 Å². The van der Waals surface area contributed by atoms with E-state index in [1.54, 1.807) is 33.5 Å². The normalized spacial score (nSPS) is 11.9. The van der Waals surface area contributed by atoms with Gasteiger partial charge in [0.25, 0.3) is 0 Å². The molecule has 1 atom stereocenters. The Bertz CT molecular complexity index is 580. The maximum Gasteiger partial charge on any atom is 0.132 e. The van der Waals surface area contributed by atoms with Crippen LogP contribution in [0.1, 0.15) is 22.8 Å². The van der Waals surface area contributed by atoms with Crippen LogP contribution in [-0.2, 0) is 0 Å². The molecule has 2 aromatic rings. The molecule has 0 aromatic heterocycles. The standard InChI is InChI=1S/C17H20O4/c1-11-5-7-12(8-6-11)17(18)16-14(20-3)9-13(19-2)10-15(16)21-4/h5-10,17-18H,1-4H3. The molecule has 0 aliphatic rings. The Hall–Kier alpha value is -2.20. The van der Waals surface area contributed by atoms with E-state index in [0.29, 0.717) is 22.8 Å². The third-order valence-electron chi connectivity index (χ3n) is 3.42. The maximum absolute atomic E-state index is 10.7. The SMILES string of the molecule is COc1cc(OC)c(C(O)c2ccc(C)cc2)c(OC)c1. The number of benzene rings is 2. The molecule has 0 saturated heterocycles. The van der Waals surface area contributed by atoms with Crippen LogP contribution in [0.4, 0.5) is 0 Å². The summed E-state index contributed by atoms with van der Waals surface area (Å²) < 4.78 is 16.0. The molecule has 1 N–H and O–H groups in total. The largest absolute Gasteiger partial charge is 0.496 e. The van der Waals surface area contributed by atoms with Crippen LogP contribution in [0.2, 0.25) is 0 Å². The van der Waals surface area contributed by atoms with E-state index in [0.717, 1.165) is 11.1 Å². The molecule has 0 heterocycles. The van der Waals surface area contributed by atoms with Crippen molar-refractivity contribution in [2.75, 3.05) is 21.3 Å². The highest BCUT2D eigenvalue weighted by molar-refractivity contribution is 5.54. The average Bonchev–Trinajstić information content (AvgIpc) is 2.53. The van der Waals surface area contributed by atoms with Gasteiger partial charge in [0.2, 0.25) is 0 Å². The molecule has 1 unspecified atom stereocenters. The second-order valence-electron chi connectivity index (χ2n) is 4.76. The molecule has 2 aromatic carbocycles. The molecule has 0 bridgehead atoms. The number of aliphatic hydroxyl groups excluding tert-OH is 1. The Labute approximate surface area is 124 Å². The number of aliphatic hydroxyl groups is 1. The van der Waals surface area contributed by atoms with Gasteiger partial charge in [-0.2, -0.15) is 0 Å². The first-order chi connectivity index (χ1) is 10.1. The Morgan fingerprint density at radius 2 is 1.38 bits per heavy atom. The van der Waals surface area contributed by atoms with Crippen LogP contribution in [-0.4, -0.2) is 26.4 Å². The van der Waals surface area contributed by atoms with Crippen molar-refractivity contribution < 1.29 is 19.3 Å². The highest BCUT2D eigenvalue weighted by atomic mass is 16.5. The van der Waals surface area contributed by atoms with E-state index in [9.17, 15) is 5.11 Å². The molecule has 0 amide bonds. The molecule has 0 fully saturated rings. The second-order valence-corrected chi connectivity index (χ2v) is 4.76. The van der Waals surface area contributed by atoms with Crippen molar-refractivity contribution in [3.05, 3.63) is 53.1 Å². The van der Waals surface area contributed by atoms with Gasteiger partial charge >= 0.3 is 0 Å². The molecule has 0 saturated carbocycles. The fourth-order valence-corrected chi connectivity index (χ4v) is 2.22. The van der Waals surface area contributed by atoms with Crippen LogP contribution in [0.3, 0.4) is 0 Å². The van der Waals surface area contributed by atoms with E-state index in [1.165, 1.54) is 0 Å². The summed E-state index contributed by atoms with van der Waals surface area (Å²) in [7, 11) is 4.68. The minimum Gasteiger partial charge on any atom is -0.496 e. The van der Waals surface area contributed by atoms with Gasteiger partial charge in [-0.15, -0.1) is 0 Å². The fraction of sp³-hybridized carbons (Fsp3) is 0.294. The zero-order valence-electron chi connectivity index (χ0n) is 12.7. The van der Waals surface area contributed by atoms with E-state index < -0.39 is 6.10 Å². The molecule has 2 rings (SSSR count). The number of aryl methyl sites for hydroxylation is 1. The highest BCUT2D eigenvalue weighted by Gasteiger charge is 2.22. The maximum atomic E-state index is 10.7. The molecule has 0 aliphatic heterocycles. The first-order valence-corrected chi connectivity index (χ1v) is 6.65. The molecule has 0 aliphatic carbocycles. The number of rotatable bonds is 5. The Morgan fingerprint density at radius 1 is 0.857 bits per heavy atom. The number of methoxy groups -OCH3 is 3. The van der Waals surface area contributed by atoms with Crippen LogP contribution in [0.15, 0.2) is 36.4 Å². The summed E-state index contributed by atoms with van der Waals surface area (Å²) in [5.74, 6) is 1.67. The van der Waals surface area contributed by atoms with Crippen LogP contribution >= 0.6 is 0 Å². The van der Waals surface area contributed by atoms with Crippen LogP contribution in [0.25, 0.3) is 0 Å². The molecular formula is C17H20O4. The first kappa shape index (κ1) is 15.2. The lowest BCUT2D eigenvalue weighted by molar-refractivity contribution is 0.208.